The van der Waals surface area contributed by atoms with Crippen molar-refractivity contribution in [3.8, 4) is 73.7 Å². The second kappa shape index (κ2) is 21.4. The van der Waals surface area contributed by atoms with Gasteiger partial charge < -0.3 is 13.7 Å². The molecule has 0 spiro atoms. The van der Waals surface area contributed by atoms with Crippen molar-refractivity contribution in [3.63, 3.8) is 0 Å². The quantitative estimate of drug-likeness (QED) is 0.137. The van der Waals surface area contributed by atoms with Gasteiger partial charge in [-0.1, -0.05) is 176 Å². The first-order valence-corrected chi connectivity index (χ1v) is 32.9. The van der Waals surface area contributed by atoms with Crippen LogP contribution in [0.25, 0.3) is 178 Å². The molecule has 1 aliphatic rings. The summed E-state index contributed by atoms with van der Waals surface area (Å²) in [6.07, 6.45) is 8.79. The minimum Gasteiger partial charge on any atom is -0.309 e. The summed E-state index contributed by atoms with van der Waals surface area (Å²) in [5.41, 5.74) is 24.1. The van der Waals surface area contributed by atoms with Gasteiger partial charge in [0.25, 0.3) is 0 Å². The van der Waals surface area contributed by atoms with Gasteiger partial charge in [-0.25, -0.2) is 15.0 Å². The zero-order valence-electron chi connectivity index (χ0n) is 52.0. The lowest BCUT2D eigenvalue weighted by Crippen LogP contribution is -2.03. The first kappa shape index (κ1) is 53.8. The third-order valence-corrected chi connectivity index (χ3v) is 19.6. The number of para-hydroxylation sites is 12. The van der Waals surface area contributed by atoms with E-state index in [1.165, 1.54) is 32.3 Å². The van der Waals surface area contributed by atoms with Crippen LogP contribution in [-0.4, -0.2) is 42.4 Å². The van der Waals surface area contributed by atoms with Gasteiger partial charge in [-0.15, -0.1) is 0 Å². The summed E-state index contributed by atoms with van der Waals surface area (Å²) in [6.45, 7) is 0. The largest absolute Gasteiger partial charge is 0.309 e. The molecule has 13 aromatic carbocycles. The zero-order chi connectivity index (χ0) is 63.0. The van der Waals surface area contributed by atoms with Crippen molar-refractivity contribution < 1.29 is 0 Å². The molecule has 0 aliphatic heterocycles. The summed E-state index contributed by atoms with van der Waals surface area (Å²) >= 11 is 0. The van der Waals surface area contributed by atoms with Crippen LogP contribution in [-0.2, 0) is 0 Å². The molecule has 9 nitrogen and oxygen atoms in total. The third-order valence-electron chi connectivity index (χ3n) is 19.6. The SMILES string of the molecule is C1=CC(n2c(-c3cc(-c4nc5ccccc5n4-c4ccccc4)cc(-c4nc5ccccc5n4-c4cccc(-c5ccc6c(c5)c5ccccc5n6-c5cc(-n6c7ccccc7c7ccccc76)cc(-n6c7ccccc7c7ccccc76)c5)c4)c3)nc3ccccc32)=CCC1. The second-order valence-electron chi connectivity index (χ2n) is 25.1. The topological polar surface area (TPSA) is 68.2 Å². The van der Waals surface area contributed by atoms with Gasteiger partial charge in [0.05, 0.1) is 83.3 Å². The molecule has 96 heavy (non-hydrogen) atoms. The molecule has 0 radical (unpaired) electrons. The minimum atomic E-state index is 0.806. The molecule has 0 N–H and O–H groups in total. The molecule has 0 fully saturated rings. The second-order valence-corrected chi connectivity index (χ2v) is 25.1. The van der Waals surface area contributed by atoms with Gasteiger partial charge in [0.1, 0.15) is 17.5 Å². The normalized spacial score (nSPS) is 12.7. The van der Waals surface area contributed by atoms with E-state index < -0.39 is 0 Å². The van der Waals surface area contributed by atoms with E-state index in [-0.39, 0.29) is 0 Å². The average Bonchev–Trinajstić information content (AvgIpc) is 1.57. The van der Waals surface area contributed by atoms with Crippen LogP contribution >= 0.6 is 0 Å². The van der Waals surface area contributed by atoms with Crippen LogP contribution in [0, 0.1) is 0 Å². The van der Waals surface area contributed by atoms with Gasteiger partial charge in [-0.2, -0.15) is 0 Å². The van der Waals surface area contributed by atoms with Gasteiger partial charge in [-0.05, 0) is 170 Å². The standard InChI is InChI=1S/C87H57N9/c1-3-25-61(26-4-1)94-82-43-20-12-35-73(82)88-85(94)58-48-59(86-89-74-36-13-21-44-83(74)95(86)62-27-5-2-6-28-62)50-60(49-58)87-90-75-37-14-22-45-84(75)96(87)63-29-23-24-56(51-63)57-46-47-81-72(52-57)71-34-11-19-42-80(71)93(81)66-54-64(91-76-38-15-7-30-67(76)68-31-8-16-39-77(68)91)53-65(55-66)92-78-40-17-9-32-69(78)70-33-10-18-41-79(70)92/h1,3-5,7-55H,2,6H2. The van der Waals surface area contributed by atoms with Crippen LogP contribution in [0.1, 0.15) is 12.8 Å². The van der Waals surface area contributed by atoms with Gasteiger partial charge in [0.2, 0.25) is 0 Å². The lowest BCUT2D eigenvalue weighted by Gasteiger charge is -2.17. The summed E-state index contributed by atoms with van der Waals surface area (Å²) in [5, 5.41) is 7.24. The molecule has 0 bridgehead atoms. The molecule has 0 amide bonds. The number of imidazole rings is 3. The third kappa shape index (κ3) is 8.33. The lowest BCUT2D eigenvalue weighted by molar-refractivity contribution is 1.01. The molecule has 0 atom stereocenters. The highest BCUT2D eigenvalue weighted by atomic mass is 15.1. The zero-order valence-corrected chi connectivity index (χ0v) is 52.0. The van der Waals surface area contributed by atoms with E-state index >= 15 is 0 Å². The molecular weight excluding hydrogens is 1170 g/mol. The highest BCUT2D eigenvalue weighted by Gasteiger charge is 2.25. The Morgan fingerprint density at radius 2 is 0.583 bits per heavy atom. The van der Waals surface area contributed by atoms with E-state index in [1.807, 2.05) is 0 Å². The number of fused-ring (bicyclic) bond motifs is 12. The van der Waals surface area contributed by atoms with Crippen molar-refractivity contribution in [2.45, 2.75) is 12.8 Å². The Kier molecular flexibility index (Phi) is 12.0. The van der Waals surface area contributed by atoms with Crippen LogP contribution in [0.5, 0.6) is 0 Å². The molecule has 20 rings (SSSR count). The van der Waals surface area contributed by atoms with Crippen LogP contribution in [0.3, 0.4) is 0 Å². The Labute approximate surface area is 551 Å². The predicted octanol–water partition coefficient (Wildman–Crippen LogP) is 21.9. The van der Waals surface area contributed by atoms with E-state index in [1.54, 1.807) is 0 Å². The van der Waals surface area contributed by atoms with Crippen LogP contribution < -0.4 is 0 Å². The predicted molar refractivity (Wildman–Crippen MR) is 396 cm³/mol. The van der Waals surface area contributed by atoms with Gasteiger partial charge >= 0.3 is 0 Å². The first-order valence-electron chi connectivity index (χ1n) is 32.9. The first-order chi connectivity index (χ1) is 47.6. The minimum absolute atomic E-state index is 0.806. The smallest absolute Gasteiger partial charge is 0.145 e. The summed E-state index contributed by atoms with van der Waals surface area (Å²) in [6, 6.07) is 110. The fourth-order valence-corrected chi connectivity index (χ4v) is 15.4. The fraction of sp³-hybridized carbons (Fsp3) is 0.0230. The van der Waals surface area contributed by atoms with Crippen molar-refractivity contribution >= 4 is 104 Å². The summed E-state index contributed by atoms with van der Waals surface area (Å²) in [7, 11) is 0. The number of benzene rings is 13. The van der Waals surface area contributed by atoms with Crippen molar-refractivity contribution in [3.05, 3.63) is 322 Å². The maximum Gasteiger partial charge on any atom is 0.145 e. The number of aromatic nitrogens is 9. The number of hydrogen-bond acceptors (Lipinski definition) is 3. The average molecular weight is 1230 g/mol. The molecule has 19 aromatic rings. The van der Waals surface area contributed by atoms with Gasteiger partial charge in [0, 0.05) is 66.1 Å². The highest BCUT2D eigenvalue weighted by Crippen LogP contribution is 2.43. The summed E-state index contributed by atoms with van der Waals surface area (Å²) in [5.74, 6) is 2.48. The van der Waals surface area contributed by atoms with Crippen molar-refractivity contribution in [1.82, 2.24) is 42.4 Å². The molecular formula is C87H57N9. The van der Waals surface area contributed by atoms with E-state index in [0.29, 0.717) is 0 Å². The van der Waals surface area contributed by atoms with Crippen molar-refractivity contribution in [1.29, 1.82) is 0 Å². The molecule has 1 aliphatic carbocycles. The molecule has 0 saturated heterocycles. The molecule has 6 aromatic heterocycles. The van der Waals surface area contributed by atoms with Crippen LogP contribution in [0.4, 0.5) is 0 Å². The van der Waals surface area contributed by atoms with E-state index in [9.17, 15) is 0 Å². The summed E-state index contributed by atoms with van der Waals surface area (Å²) < 4.78 is 14.3. The van der Waals surface area contributed by atoms with Gasteiger partial charge in [-0.3, -0.25) is 13.7 Å². The lowest BCUT2D eigenvalue weighted by atomic mass is 10.0. The Morgan fingerprint density at radius 3 is 1.04 bits per heavy atom. The van der Waals surface area contributed by atoms with Crippen LogP contribution in [0.15, 0.2) is 322 Å². The fourth-order valence-electron chi connectivity index (χ4n) is 15.4. The molecule has 450 valence electrons. The van der Waals surface area contributed by atoms with Crippen LogP contribution in [0.2, 0.25) is 0 Å². The van der Waals surface area contributed by atoms with Gasteiger partial charge in [0.15, 0.2) is 0 Å². The van der Waals surface area contributed by atoms with E-state index in [4.69, 9.17) is 15.0 Å². The number of rotatable bonds is 10. The van der Waals surface area contributed by atoms with Crippen molar-refractivity contribution in [2.24, 2.45) is 0 Å². The van der Waals surface area contributed by atoms with E-state index in [0.717, 1.165) is 158 Å². The Morgan fingerprint density at radius 1 is 0.219 bits per heavy atom. The monoisotopic (exact) mass is 1230 g/mol. The Balaban J connectivity index is 0.775. The Bertz CT molecular complexity index is 6230. The van der Waals surface area contributed by atoms with Crippen molar-refractivity contribution in [2.75, 3.05) is 0 Å². The highest BCUT2D eigenvalue weighted by molar-refractivity contribution is 6.13. The Hall–Kier alpha value is -12.9. The number of nitrogens with zero attached hydrogens (tertiary/aromatic N) is 9. The summed E-state index contributed by atoms with van der Waals surface area (Å²) in [4.78, 5) is 16.5. The molecule has 0 saturated carbocycles. The molecule has 6 heterocycles. The maximum absolute atomic E-state index is 5.60. The number of hydrogen-bond donors (Lipinski definition) is 0. The number of allylic oxidation sites excluding steroid dienone is 4. The maximum atomic E-state index is 5.60. The molecule has 9 heteroatoms. The van der Waals surface area contributed by atoms with E-state index in [2.05, 4.69) is 349 Å². The molecule has 0 unspecified atom stereocenters.